The molecule has 0 atom stereocenters. The van der Waals surface area contributed by atoms with Crippen LogP contribution in [0, 0.1) is 5.92 Å². The first-order chi connectivity index (χ1) is 7.25. The van der Waals surface area contributed by atoms with E-state index in [0.29, 0.717) is 5.92 Å². The Kier molecular flexibility index (Phi) is 3.41. The van der Waals surface area contributed by atoms with E-state index >= 15 is 0 Å². The van der Waals surface area contributed by atoms with Crippen molar-refractivity contribution < 1.29 is 4.74 Å². The largest absolute Gasteiger partial charge is 0.381 e. The van der Waals surface area contributed by atoms with Gasteiger partial charge in [-0.2, -0.15) is 5.10 Å². The Bertz CT molecular complexity index is 300. The summed E-state index contributed by atoms with van der Waals surface area (Å²) in [5.74, 6) is 1.28. The highest BCUT2D eigenvalue weighted by molar-refractivity contribution is 5.03. The average molecular weight is 208 g/mol. The zero-order valence-corrected chi connectivity index (χ0v) is 9.65. The molecule has 0 radical (unpaired) electrons. The molecule has 15 heavy (non-hydrogen) atoms. The minimum Gasteiger partial charge on any atom is -0.381 e. The minimum atomic E-state index is 0.529. The van der Waals surface area contributed by atoms with Crippen molar-refractivity contribution in [2.75, 3.05) is 13.2 Å². The summed E-state index contributed by atoms with van der Waals surface area (Å²) in [6, 6.07) is 2.13. The number of ether oxygens (including phenoxy) is 1. The second-order valence-corrected chi connectivity index (χ2v) is 4.67. The van der Waals surface area contributed by atoms with Gasteiger partial charge < -0.3 is 4.74 Å². The van der Waals surface area contributed by atoms with Gasteiger partial charge in [0.25, 0.3) is 0 Å². The topological polar surface area (TPSA) is 27.1 Å². The number of rotatable bonds is 3. The first-order valence-corrected chi connectivity index (χ1v) is 5.87. The second-order valence-electron chi connectivity index (χ2n) is 4.67. The summed E-state index contributed by atoms with van der Waals surface area (Å²) in [5.41, 5.74) is 1.20. The van der Waals surface area contributed by atoms with Crippen LogP contribution >= 0.6 is 0 Å². The lowest BCUT2D eigenvalue weighted by Gasteiger charge is -2.21. The van der Waals surface area contributed by atoms with E-state index in [0.717, 1.165) is 25.7 Å². The van der Waals surface area contributed by atoms with Crippen molar-refractivity contribution in [3.05, 3.63) is 18.0 Å². The summed E-state index contributed by atoms with van der Waals surface area (Å²) in [4.78, 5) is 0. The van der Waals surface area contributed by atoms with E-state index < -0.39 is 0 Å². The van der Waals surface area contributed by atoms with Gasteiger partial charge in [0, 0.05) is 26.0 Å². The van der Waals surface area contributed by atoms with Crippen LogP contribution in [0.4, 0.5) is 0 Å². The highest BCUT2D eigenvalue weighted by Gasteiger charge is 2.14. The molecule has 1 aliphatic rings. The lowest BCUT2D eigenvalue weighted by molar-refractivity contribution is 0.0601. The molecule has 0 N–H and O–H groups in total. The Labute approximate surface area is 91.4 Å². The molecule has 0 aliphatic carbocycles. The maximum absolute atomic E-state index is 5.35. The highest BCUT2D eigenvalue weighted by atomic mass is 16.5. The van der Waals surface area contributed by atoms with Gasteiger partial charge in [0.15, 0.2) is 0 Å². The molecule has 0 spiro atoms. The lowest BCUT2D eigenvalue weighted by Crippen LogP contribution is -2.20. The van der Waals surface area contributed by atoms with Crippen LogP contribution in [0.3, 0.4) is 0 Å². The molecular weight excluding hydrogens is 188 g/mol. The zero-order chi connectivity index (χ0) is 10.7. The Morgan fingerprint density at radius 2 is 2.20 bits per heavy atom. The van der Waals surface area contributed by atoms with Gasteiger partial charge in [-0.1, -0.05) is 13.8 Å². The normalized spacial score (nSPS) is 18.6. The molecule has 1 aromatic heterocycles. The summed E-state index contributed by atoms with van der Waals surface area (Å²) in [6.45, 7) is 7.25. The standard InChI is InChI=1S/C12H20N2O/c1-10(2)12-3-6-14(13-12)9-11-4-7-15-8-5-11/h3,6,10-11H,4-5,7-9H2,1-2H3. The third-order valence-corrected chi connectivity index (χ3v) is 3.04. The predicted octanol–water partition coefficient (Wildman–Crippen LogP) is 2.43. The van der Waals surface area contributed by atoms with E-state index in [4.69, 9.17) is 4.74 Å². The lowest BCUT2D eigenvalue weighted by atomic mass is 10.0. The molecule has 1 aliphatic heterocycles. The molecule has 0 bridgehead atoms. The molecule has 0 aromatic carbocycles. The van der Waals surface area contributed by atoms with Crippen LogP contribution in [0.5, 0.6) is 0 Å². The van der Waals surface area contributed by atoms with Crippen molar-refractivity contribution in [1.82, 2.24) is 9.78 Å². The van der Waals surface area contributed by atoms with Gasteiger partial charge in [0.1, 0.15) is 0 Å². The molecular formula is C12H20N2O. The second kappa shape index (κ2) is 4.79. The van der Waals surface area contributed by atoms with Crippen LogP contribution in [0.2, 0.25) is 0 Å². The molecule has 2 rings (SSSR count). The monoisotopic (exact) mass is 208 g/mol. The first kappa shape index (κ1) is 10.7. The van der Waals surface area contributed by atoms with Gasteiger partial charge in [-0.25, -0.2) is 0 Å². The third-order valence-electron chi connectivity index (χ3n) is 3.04. The van der Waals surface area contributed by atoms with E-state index in [1.165, 1.54) is 18.5 Å². The van der Waals surface area contributed by atoms with Crippen LogP contribution < -0.4 is 0 Å². The van der Waals surface area contributed by atoms with E-state index in [2.05, 4.69) is 35.9 Å². The maximum atomic E-state index is 5.35. The first-order valence-electron chi connectivity index (χ1n) is 5.87. The summed E-state index contributed by atoms with van der Waals surface area (Å²) in [6.07, 6.45) is 4.46. The van der Waals surface area contributed by atoms with Crippen molar-refractivity contribution in [1.29, 1.82) is 0 Å². The zero-order valence-electron chi connectivity index (χ0n) is 9.65. The van der Waals surface area contributed by atoms with Crippen LogP contribution in [-0.4, -0.2) is 23.0 Å². The predicted molar refractivity (Wildman–Crippen MR) is 59.9 cm³/mol. The molecule has 2 heterocycles. The number of aromatic nitrogens is 2. The molecule has 1 fully saturated rings. The van der Waals surface area contributed by atoms with Crippen LogP contribution in [0.1, 0.15) is 38.3 Å². The average Bonchev–Trinajstić information content (AvgIpc) is 2.68. The van der Waals surface area contributed by atoms with Gasteiger partial charge >= 0.3 is 0 Å². The van der Waals surface area contributed by atoms with Crippen molar-refractivity contribution in [3.8, 4) is 0 Å². The Hall–Kier alpha value is -0.830. The summed E-state index contributed by atoms with van der Waals surface area (Å²) < 4.78 is 7.44. The quantitative estimate of drug-likeness (QED) is 0.763. The summed E-state index contributed by atoms with van der Waals surface area (Å²) >= 11 is 0. The Morgan fingerprint density at radius 1 is 1.47 bits per heavy atom. The van der Waals surface area contributed by atoms with Crippen LogP contribution in [0.15, 0.2) is 12.3 Å². The van der Waals surface area contributed by atoms with Gasteiger partial charge in [-0.3, -0.25) is 4.68 Å². The van der Waals surface area contributed by atoms with Crippen molar-refractivity contribution in [2.24, 2.45) is 5.92 Å². The van der Waals surface area contributed by atoms with Gasteiger partial charge in [-0.05, 0) is 30.7 Å². The fraction of sp³-hybridized carbons (Fsp3) is 0.750. The van der Waals surface area contributed by atoms with Crippen LogP contribution in [0.25, 0.3) is 0 Å². The van der Waals surface area contributed by atoms with Crippen molar-refractivity contribution >= 4 is 0 Å². The fourth-order valence-electron chi connectivity index (χ4n) is 1.98. The smallest absolute Gasteiger partial charge is 0.0649 e. The highest BCUT2D eigenvalue weighted by Crippen LogP contribution is 2.17. The van der Waals surface area contributed by atoms with E-state index in [-0.39, 0.29) is 0 Å². The molecule has 1 aromatic rings. The molecule has 0 amide bonds. The van der Waals surface area contributed by atoms with Crippen molar-refractivity contribution in [3.63, 3.8) is 0 Å². The fourth-order valence-corrected chi connectivity index (χ4v) is 1.98. The van der Waals surface area contributed by atoms with E-state index in [1.54, 1.807) is 0 Å². The minimum absolute atomic E-state index is 0.529. The van der Waals surface area contributed by atoms with Gasteiger partial charge in [0.2, 0.25) is 0 Å². The molecule has 3 heteroatoms. The Balaban J connectivity index is 1.91. The number of nitrogens with zero attached hydrogens (tertiary/aromatic N) is 2. The van der Waals surface area contributed by atoms with Crippen molar-refractivity contribution in [2.45, 2.75) is 39.2 Å². The summed E-state index contributed by atoms with van der Waals surface area (Å²) in [5, 5.41) is 4.58. The number of hydrogen-bond donors (Lipinski definition) is 0. The molecule has 1 saturated heterocycles. The molecule has 84 valence electrons. The Morgan fingerprint density at radius 3 is 2.80 bits per heavy atom. The van der Waals surface area contributed by atoms with E-state index in [9.17, 15) is 0 Å². The van der Waals surface area contributed by atoms with Crippen LogP contribution in [-0.2, 0) is 11.3 Å². The molecule has 0 saturated carbocycles. The maximum Gasteiger partial charge on any atom is 0.0649 e. The van der Waals surface area contributed by atoms with Gasteiger partial charge in [-0.15, -0.1) is 0 Å². The SMILES string of the molecule is CC(C)c1ccn(CC2CCOCC2)n1. The molecule has 3 nitrogen and oxygen atoms in total. The van der Waals surface area contributed by atoms with Gasteiger partial charge in [0.05, 0.1) is 5.69 Å². The van der Waals surface area contributed by atoms with E-state index in [1.807, 2.05) is 0 Å². The third kappa shape index (κ3) is 2.81. The summed E-state index contributed by atoms with van der Waals surface area (Å²) in [7, 11) is 0. The molecule has 0 unspecified atom stereocenters. The number of hydrogen-bond acceptors (Lipinski definition) is 2.